The highest BCUT2D eigenvalue weighted by atomic mass is 32.3. The van der Waals surface area contributed by atoms with Crippen molar-refractivity contribution in [3.63, 3.8) is 0 Å². The van der Waals surface area contributed by atoms with Crippen LogP contribution in [0, 0.1) is 0 Å². The summed E-state index contributed by atoms with van der Waals surface area (Å²) in [5.74, 6) is 0. The Morgan fingerprint density at radius 1 is 1.70 bits per heavy atom. The molecule has 0 saturated heterocycles. The second-order valence-electron chi connectivity index (χ2n) is 1.38. The van der Waals surface area contributed by atoms with Crippen LogP contribution >= 0.6 is 0 Å². The monoisotopic (exact) mass is 187 g/mol. The summed E-state index contributed by atoms with van der Waals surface area (Å²) >= 11 is -2.80. The maximum atomic E-state index is 10.3. The minimum absolute atomic E-state index is 0.146. The topological polar surface area (TPSA) is 104 Å². The van der Waals surface area contributed by atoms with E-state index >= 15 is 0 Å². The van der Waals surface area contributed by atoms with E-state index < -0.39 is 21.5 Å². The average Bonchev–Trinajstić information content (AvgIpc) is 1.60. The summed E-state index contributed by atoms with van der Waals surface area (Å²) in [4.78, 5) is 0. The fourth-order valence-corrected chi connectivity index (χ4v) is 1.62. The van der Waals surface area contributed by atoms with Gasteiger partial charge in [-0.15, -0.1) is 3.71 Å². The molecule has 0 fully saturated rings. The molecule has 62 valence electrons. The lowest BCUT2D eigenvalue weighted by molar-refractivity contribution is 0.471. The molecule has 0 rings (SSSR count). The molecule has 10 heavy (non-hydrogen) atoms. The Morgan fingerprint density at radius 2 is 2.10 bits per heavy atom. The van der Waals surface area contributed by atoms with Crippen LogP contribution in [-0.4, -0.2) is 27.4 Å². The summed E-state index contributed by atoms with van der Waals surface area (Å²) < 4.78 is 40.9. The molecule has 0 saturated carbocycles. The highest BCUT2D eigenvalue weighted by molar-refractivity contribution is 7.97. The van der Waals surface area contributed by atoms with Gasteiger partial charge in [0.05, 0.1) is 0 Å². The zero-order valence-electron chi connectivity index (χ0n) is 5.18. The number of hydrogen-bond donors (Lipinski definition) is 1. The summed E-state index contributed by atoms with van der Waals surface area (Å²) in [7, 11) is -4.09. The zero-order chi connectivity index (χ0) is 8.36. The molecule has 1 unspecified atom stereocenters. The third-order valence-electron chi connectivity index (χ3n) is 0.708. The lowest BCUT2D eigenvalue weighted by Crippen LogP contribution is -2.37. The van der Waals surface area contributed by atoms with Crippen molar-refractivity contribution in [3.05, 3.63) is 0 Å². The van der Waals surface area contributed by atoms with E-state index in [0.717, 1.165) is 0 Å². The van der Waals surface area contributed by atoms with Crippen molar-refractivity contribution < 1.29 is 17.2 Å². The lowest BCUT2D eigenvalue weighted by atomic mass is 10.8. The van der Waals surface area contributed by atoms with Crippen molar-refractivity contribution in [3.8, 4) is 0 Å². The van der Waals surface area contributed by atoms with Crippen molar-refractivity contribution in [1.82, 2.24) is 3.71 Å². The summed E-state index contributed by atoms with van der Waals surface area (Å²) in [5.41, 5.74) is 0. The van der Waals surface area contributed by atoms with Gasteiger partial charge >= 0.3 is 0 Å². The molecule has 0 heterocycles. The minimum atomic E-state index is -4.09. The number of hydrogen-bond acceptors (Lipinski definition) is 4. The van der Waals surface area contributed by atoms with Crippen LogP contribution in [0.25, 0.3) is 0 Å². The van der Waals surface area contributed by atoms with Gasteiger partial charge in [-0.1, -0.05) is 6.92 Å². The molecule has 0 aromatic rings. The third kappa shape index (κ3) is 2.71. The summed E-state index contributed by atoms with van der Waals surface area (Å²) in [6.07, 6.45) is 0. The Hall–Kier alpha value is -0.0200. The van der Waals surface area contributed by atoms with E-state index in [9.17, 15) is 17.2 Å². The van der Waals surface area contributed by atoms with Crippen molar-refractivity contribution in [2.24, 2.45) is 5.14 Å². The van der Waals surface area contributed by atoms with E-state index in [2.05, 4.69) is 5.14 Å². The van der Waals surface area contributed by atoms with E-state index in [0.29, 0.717) is 0 Å². The van der Waals surface area contributed by atoms with Crippen LogP contribution in [0.4, 0.5) is 0 Å². The predicted molar refractivity (Wildman–Crippen MR) is 34.4 cm³/mol. The predicted octanol–water partition coefficient (Wildman–Crippen LogP) is -1.69. The van der Waals surface area contributed by atoms with E-state index in [1.807, 2.05) is 0 Å². The van der Waals surface area contributed by atoms with Gasteiger partial charge in [-0.05, 0) is 0 Å². The van der Waals surface area contributed by atoms with Gasteiger partial charge in [0.15, 0.2) is 0 Å². The van der Waals surface area contributed by atoms with Gasteiger partial charge in [-0.2, -0.15) is 8.42 Å². The molecule has 0 aliphatic carbocycles. The Bertz CT molecular complexity index is 221. The van der Waals surface area contributed by atoms with Gasteiger partial charge in [0, 0.05) is 17.8 Å². The van der Waals surface area contributed by atoms with E-state index in [-0.39, 0.29) is 10.3 Å². The fourth-order valence-electron chi connectivity index (χ4n) is 0.370. The Balaban J connectivity index is 4.55. The second kappa shape index (κ2) is 3.39. The molecule has 1 atom stereocenters. The number of rotatable bonds is 3. The molecule has 0 aromatic carbocycles. The fraction of sp³-hybridized carbons (Fsp3) is 1.00. The molecule has 0 bridgehead atoms. The molecule has 0 aromatic heterocycles. The van der Waals surface area contributed by atoms with Crippen molar-refractivity contribution in [1.29, 1.82) is 0 Å². The molecule has 8 heteroatoms. The third-order valence-corrected chi connectivity index (χ3v) is 3.11. The first-order valence-corrected chi connectivity index (χ1v) is 4.83. The molecule has 6 nitrogen and oxygen atoms in total. The summed E-state index contributed by atoms with van der Waals surface area (Å²) in [6.45, 7) is 1.18. The van der Waals surface area contributed by atoms with Gasteiger partial charge < -0.3 is 4.55 Å². The molecule has 0 spiro atoms. The normalized spacial score (nSPS) is 15.6. The summed E-state index contributed by atoms with van der Waals surface area (Å²) in [5, 5.41) is 4.50. The largest absolute Gasteiger partial charge is 0.759 e. The van der Waals surface area contributed by atoms with Crippen molar-refractivity contribution >= 4 is 21.5 Å². The van der Waals surface area contributed by atoms with Gasteiger partial charge in [0.25, 0.3) is 10.2 Å². The van der Waals surface area contributed by atoms with Gasteiger partial charge in [0.2, 0.25) is 0 Å². The molecular weight excluding hydrogens is 180 g/mol. The van der Waals surface area contributed by atoms with Crippen LogP contribution in [0.3, 0.4) is 0 Å². The van der Waals surface area contributed by atoms with Crippen molar-refractivity contribution in [2.45, 2.75) is 6.92 Å². The minimum Gasteiger partial charge on any atom is -0.759 e. The highest BCUT2D eigenvalue weighted by Gasteiger charge is 2.14. The number of nitrogens with zero attached hydrogens (tertiary/aromatic N) is 1. The SMILES string of the molecule is CCN(S(=O)[O-])S(N)(=O)=O. The maximum Gasteiger partial charge on any atom is 0.287 e. The zero-order valence-corrected chi connectivity index (χ0v) is 6.81. The van der Waals surface area contributed by atoms with Crippen LogP contribution in [0.2, 0.25) is 0 Å². The van der Waals surface area contributed by atoms with E-state index in [1.54, 1.807) is 0 Å². The average molecular weight is 187 g/mol. The standard InChI is InChI=1S/C2H8N2O4S2/c1-2-4(9(5)6)10(3,7)8/h2H2,1H3,(H,5,6)(H2,3,7,8)/p-1. The van der Waals surface area contributed by atoms with Gasteiger partial charge in [-0.3, -0.25) is 4.21 Å². The summed E-state index contributed by atoms with van der Waals surface area (Å²) in [6, 6.07) is 0. The molecule has 0 aliphatic heterocycles. The van der Waals surface area contributed by atoms with Crippen molar-refractivity contribution in [2.75, 3.05) is 6.54 Å². The second-order valence-corrected chi connectivity index (χ2v) is 3.96. The van der Waals surface area contributed by atoms with Crippen LogP contribution in [0.5, 0.6) is 0 Å². The highest BCUT2D eigenvalue weighted by Crippen LogP contribution is 1.95. The lowest BCUT2D eigenvalue weighted by Gasteiger charge is -2.18. The Labute approximate surface area is 61.6 Å². The Kier molecular flexibility index (Phi) is 3.39. The van der Waals surface area contributed by atoms with Crippen LogP contribution in [0.1, 0.15) is 6.92 Å². The van der Waals surface area contributed by atoms with E-state index in [1.165, 1.54) is 6.92 Å². The molecular formula is C2H7N2O4S2-. The van der Waals surface area contributed by atoms with Crippen LogP contribution in [-0.2, 0) is 21.5 Å². The first-order chi connectivity index (χ1) is 4.39. The van der Waals surface area contributed by atoms with E-state index in [4.69, 9.17) is 0 Å². The number of nitrogens with two attached hydrogens (primary N) is 1. The van der Waals surface area contributed by atoms with Gasteiger partial charge in [0.1, 0.15) is 0 Å². The first kappa shape index (κ1) is 9.98. The van der Waals surface area contributed by atoms with Gasteiger partial charge in [-0.25, -0.2) is 5.14 Å². The smallest absolute Gasteiger partial charge is 0.287 e. The molecule has 2 N–H and O–H groups in total. The molecule has 0 aliphatic rings. The van der Waals surface area contributed by atoms with Crippen LogP contribution in [0.15, 0.2) is 0 Å². The molecule has 0 radical (unpaired) electrons. The Morgan fingerprint density at radius 3 is 2.10 bits per heavy atom. The van der Waals surface area contributed by atoms with Crippen LogP contribution < -0.4 is 5.14 Å². The molecule has 0 amide bonds. The first-order valence-electron chi connectivity index (χ1n) is 2.29. The maximum absolute atomic E-state index is 10.3. The quantitative estimate of drug-likeness (QED) is 0.532.